The second-order valence-corrected chi connectivity index (χ2v) is 6.85. The van der Waals surface area contributed by atoms with Gasteiger partial charge in [0.1, 0.15) is 17.8 Å². The third-order valence-corrected chi connectivity index (χ3v) is 3.74. The van der Waals surface area contributed by atoms with Crippen molar-refractivity contribution in [2.45, 2.75) is 46.0 Å². The van der Waals surface area contributed by atoms with Crippen LogP contribution < -0.4 is 10.6 Å². The Morgan fingerprint density at radius 2 is 1.83 bits per heavy atom. The number of benzene rings is 1. The molecule has 2 rings (SSSR count). The van der Waals surface area contributed by atoms with Gasteiger partial charge in [0.2, 0.25) is 0 Å². The Balaban J connectivity index is 2.05. The first kappa shape index (κ1) is 17.9. The number of rotatable bonds is 6. The van der Waals surface area contributed by atoms with Crippen molar-refractivity contribution in [1.29, 1.82) is 0 Å². The molecule has 0 aliphatic rings. The normalized spacial score (nSPS) is 11.2. The third-order valence-electron chi connectivity index (χ3n) is 3.74. The highest BCUT2D eigenvalue weighted by Gasteiger charge is 2.13. The van der Waals surface area contributed by atoms with E-state index in [1.54, 1.807) is 6.07 Å². The van der Waals surface area contributed by atoms with Crippen LogP contribution in [0.1, 0.15) is 56.6 Å². The standard InChI is InChI=1S/C19H26N4O/c1-5-6-11-20-18(24)16-12-17(22-13-21-16)23-15-9-7-14(8-10-15)19(2,3)4/h7-10,12-13H,5-6,11H2,1-4H3,(H,20,24)(H,21,22,23). The molecule has 0 radical (unpaired) electrons. The first-order valence-electron chi connectivity index (χ1n) is 8.38. The summed E-state index contributed by atoms with van der Waals surface area (Å²) < 4.78 is 0. The first-order valence-corrected chi connectivity index (χ1v) is 8.38. The maximum Gasteiger partial charge on any atom is 0.270 e. The number of anilines is 2. The predicted molar refractivity (Wildman–Crippen MR) is 97.7 cm³/mol. The van der Waals surface area contributed by atoms with Crippen LogP contribution in [0.3, 0.4) is 0 Å². The molecule has 2 aromatic rings. The van der Waals surface area contributed by atoms with Crippen LogP contribution in [0.5, 0.6) is 0 Å². The van der Waals surface area contributed by atoms with Crippen LogP contribution >= 0.6 is 0 Å². The summed E-state index contributed by atoms with van der Waals surface area (Å²) in [6.07, 6.45) is 3.41. The van der Waals surface area contributed by atoms with Gasteiger partial charge >= 0.3 is 0 Å². The lowest BCUT2D eigenvalue weighted by molar-refractivity contribution is 0.0948. The van der Waals surface area contributed by atoms with Crippen molar-refractivity contribution in [3.05, 3.63) is 47.9 Å². The summed E-state index contributed by atoms with van der Waals surface area (Å²) in [7, 11) is 0. The minimum atomic E-state index is -0.169. The highest BCUT2D eigenvalue weighted by Crippen LogP contribution is 2.24. The predicted octanol–water partition coefficient (Wildman–Crippen LogP) is 4.05. The van der Waals surface area contributed by atoms with E-state index in [-0.39, 0.29) is 11.3 Å². The lowest BCUT2D eigenvalue weighted by atomic mass is 9.87. The Hall–Kier alpha value is -2.43. The Bertz CT molecular complexity index is 675. The van der Waals surface area contributed by atoms with Crippen LogP contribution in [0.25, 0.3) is 0 Å². The van der Waals surface area contributed by atoms with Crippen LogP contribution in [0.4, 0.5) is 11.5 Å². The van der Waals surface area contributed by atoms with Crippen molar-refractivity contribution in [3.63, 3.8) is 0 Å². The van der Waals surface area contributed by atoms with Crippen molar-refractivity contribution in [3.8, 4) is 0 Å². The van der Waals surface area contributed by atoms with Gasteiger partial charge in [0.25, 0.3) is 5.91 Å². The van der Waals surface area contributed by atoms with E-state index in [2.05, 4.69) is 60.4 Å². The van der Waals surface area contributed by atoms with E-state index in [0.29, 0.717) is 18.1 Å². The number of unbranched alkanes of at least 4 members (excludes halogenated alkanes) is 1. The Kier molecular flexibility index (Phi) is 5.90. The topological polar surface area (TPSA) is 66.9 Å². The molecule has 2 N–H and O–H groups in total. The number of nitrogens with one attached hydrogen (secondary N) is 2. The van der Waals surface area contributed by atoms with Gasteiger partial charge in [0.05, 0.1) is 0 Å². The van der Waals surface area contributed by atoms with Crippen LogP contribution in [0, 0.1) is 0 Å². The second kappa shape index (κ2) is 7.90. The summed E-state index contributed by atoms with van der Waals surface area (Å²) in [5.74, 6) is 0.436. The van der Waals surface area contributed by atoms with Crippen LogP contribution in [0.15, 0.2) is 36.7 Å². The van der Waals surface area contributed by atoms with Gasteiger partial charge in [-0.25, -0.2) is 9.97 Å². The Morgan fingerprint density at radius 3 is 2.46 bits per heavy atom. The zero-order chi connectivity index (χ0) is 17.6. The molecule has 0 spiro atoms. The van der Waals surface area contributed by atoms with Gasteiger partial charge in [0, 0.05) is 18.3 Å². The third kappa shape index (κ3) is 5.05. The molecule has 0 saturated carbocycles. The van der Waals surface area contributed by atoms with Crippen LogP contribution in [-0.2, 0) is 5.41 Å². The molecule has 0 bridgehead atoms. The molecular weight excluding hydrogens is 300 g/mol. The molecule has 0 aliphatic heterocycles. The quantitative estimate of drug-likeness (QED) is 0.786. The SMILES string of the molecule is CCCCNC(=O)c1cc(Nc2ccc(C(C)(C)C)cc2)ncn1. The molecule has 5 nitrogen and oxygen atoms in total. The number of carbonyl (C=O) groups is 1. The summed E-state index contributed by atoms with van der Waals surface area (Å²) in [5.41, 5.74) is 2.69. The summed E-state index contributed by atoms with van der Waals surface area (Å²) in [5, 5.41) is 6.07. The number of carbonyl (C=O) groups excluding carboxylic acids is 1. The molecule has 1 aromatic carbocycles. The average Bonchev–Trinajstić information content (AvgIpc) is 2.55. The lowest BCUT2D eigenvalue weighted by Crippen LogP contribution is -2.25. The van der Waals surface area contributed by atoms with E-state index in [0.717, 1.165) is 18.5 Å². The number of hydrogen-bond donors (Lipinski definition) is 2. The molecule has 24 heavy (non-hydrogen) atoms. The van der Waals surface area contributed by atoms with Gasteiger partial charge in [-0.05, 0) is 29.5 Å². The Morgan fingerprint density at radius 1 is 1.12 bits per heavy atom. The molecule has 0 fully saturated rings. The molecule has 0 unspecified atom stereocenters. The van der Waals surface area contributed by atoms with Gasteiger partial charge in [-0.2, -0.15) is 0 Å². The van der Waals surface area contributed by atoms with E-state index >= 15 is 0 Å². The van der Waals surface area contributed by atoms with E-state index in [9.17, 15) is 4.79 Å². The fourth-order valence-corrected chi connectivity index (χ4v) is 2.22. The van der Waals surface area contributed by atoms with E-state index in [1.165, 1.54) is 11.9 Å². The fourth-order valence-electron chi connectivity index (χ4n) is 2.22. The highest BCUT2D eigenvalue weighted by molar-refractivity contribution is 5.92. The van der Waals surface area contributed by atoms with Crippen LogP contribution in [0.2, 0.25) is 0 Å². The molecule has 0 aliphatic carbocycles. The van der Waals surface area contributed by atoms with Crippen molar-refractivity contribution in [1.82, 2.24) is 15.3 Å². The maximum absolute atomic E-state index is 12.1. The molecule has 1 aromatic heterocycles. The summed E-state index contributed by atoms with van der Waals surface area (Å²) in [4.78, 5) is 20.3. The molecule has 128 valence electrons. The molecule has 0 atom stereocenters. The van der Waals surface area contributed by atoms with E-state index in [1.807, 2.05) is 12.1 Å². The fraction of sp³-hybridized carbons (Fsp3) is 0.421. The van der Waals surface area contributed by atoms with Gasteiger partial charge < -0.3 is 10.6 Å². The number of hydrogen-bond acceptors (Lipinski definition) is 4. The van der Waals surface area contributed by atoms with Crippen molar-refractivity contribution < 1.29 is 4.79 Å². The minimum Gasteiger partial charge on any atom is -0.351 e. The zero-order valence-electron chi connectivity index (χ0n) is 14.9. The van der Waals surface area contributed by atoms with Crippen LogP contribution in [-0.4, -0.2) is 22.4 Å². The Labute approximate surface area is 143 Å². The van der Waals surface area contributed by atoms with Gasteiger partial charge in [-0.15, -0.1) is 0 Å². The molecule has 1 amide bonds. The van der Waals surface area contributed by atoms with E-state index in [4.69, 9.17) is 0 Å². The smallest absolute Gasteiger partial charge is 0.270 e. The van der Waals surface area contributed by atoms with Gasteiger partial charge in [-0.3, -0.25) is 4.79 Å². The van der Waals surface area contributed by atoms with Gasteiger partial charge in [-0.1, -0.05) is 46.2 Å². The van der Waals surface area contributed by atoms with Crippen molar-refractivity contribution in [2.75, 3.05) is 11.9 Å². The highest BCUT2D eigenvalue weighted by atomic mass is 16.1. The summed E-state index contributed by atoms with van der Waals surface area (Å²) in [6, 6.07) is 9.90. The zero-order valence-corrected chi connectivity index (χ0v) is 14.9. The minimum absolute atomic E-state index is 0.122. The number of nitrogens with zero attached hydrogens (tertiary/aromatic N) is 2. The first-order chi connectivity index (χ1) is 11.4. The maximum atomic E-state index is 12.1. The molecule has 5 heteroatoms. The molecule has 1 heterocycles. The number of amides is 1. The summed E-state index contributed by atoms with van der Waals surface area (Å²) in [6.45, 7) is 9.30. The van der Waals surface area contributed by atoms with Crippen molar-refractivity contribution in [2.24, 2.45) is 0 Å². The van der Waals surface area contributed by atoms with E-state index < -0.39 is 0 Å². The molecule has 0 saturated heterocycles. The van der Waals surface area contributed by atoms with Crippen molar-refractivity contribution >= 4 is 17.4 Å². The molecular formula is C19H26N4O. The average molecular weight is 326 g/mol. The number of aromatic nitrogens is 2. The largest absolute Gasteiger partial charge is 0.351 e. The monoisotopic (exact) mass is 326 g/mol. The summed E-state index contributed by atoms with van der Waals surface area (Å²) >= 11 is 0. The van der Waals surface area contributed by atoms with Gasteiger partial charge in [0.15, 0.2) is 0 Å². The second-order valence-electron chi connectivity index (χ2n) is 6.85. The lowest BCUT2D eigenvalue weighted by Gasteiger charge is -2.19.